The van der Waals surface area contributed by atoms with Gasteiger partial charge >= 0.3 is 6.18 Å². The molecule has 128 valence electrons. The van der Waals surface area contributed by atoms with E-state index in [4.69, 9.17) is 12.2 Å². The lowest BCUT2D eigenvalue weighted by Crippen LogP contribution is -2.28. The van der Waals surface area contributed by atoms with Gasteiger partial charge in [-0.1, -0.05) is 12.1 Å². The fourth-order valence-corrected chi connectivity index (χ4v) is 2.83. The van der Waals surface area contributed by atoms with Gasteiger partial charge in [0, 0.05) is 19.0 Å². The van der Waals surface area contributed by atoms with Crippen molar-refractivity contribution in [2.24, 2.45) is 0 Å². The van der Waals surface area contributed by atoms with E-state index in [2.05, 4.69) is 15.5 Å². The Labute approximate surface area is 140 Å². The number of carbonyl (C=O) groups is 1. The normalized spacial score (nSPS) is 14.6. The number of aromatic amines is 1. The molecule has 1 aromatic carbocycles. The fraction of sp³-hybridized carbons (Fsp3) is 0.400. The van der Waals surface area contributed by atoms with Crippen LogP contribution in [0.5, 0.6) is 0 Å². The molecule has 1 aliphatic carbocycles. The standard InChI is InChI=1S/C15H15F3N4OS/c16-15(17,18)11-4-2-1-3-10(11)13(23)19-8-7-12-20-21-14(24)22(12)9-5-6-9/h1-4,9H,5-8H2,(H,19,23)(H,21,24). The van der Waals surface area contributed by atoms with Gasteiger partial charge < -0.3 is 9.88 Å². The van der Waals surface area contributed by atoms with Crippen LogP contribution in [-0.2, 0) is 12.6 Å². The SMILES string of the molecule is O=C(NCCc1n[nH]c(=S)n1C1CC1)c1ccccc1C(F)(F)F. The van der Waals surface area contributed by atoms with Crippen LogP contribution in [0.2, 0.25) is 0 Å². The summed E-state index contributed by atoms with van der Waals surface area (Å²) >= 11 is 5.16. The van der Waals surface area contributed by atoms with Gasteiger partial charge in [-0.15, -0.1) is 0 Å². The quantitative estimate of drug-likeness (QED) is 0.809. The highest BCUT2D eigenvalue weighted by Crippen LogP contribution is 2.35. The smallest absolute Gasteiger partial charge is 0.352 e. The lowest BCUT2D eigenvalue weighted by Gasteiger charge is -2.12. The average Bonchev–Trinajstić information content (AvgIpc) is 3.30. The molecule has 1 amide bonds. The minimum Gasteiger partial charge on any atom is -0.352 e. The van der Waals surface area contributed by atoms with Crippen molar-refractivity contribution in [2.45, 2.75) is 31.5 Å². The maximum atomic E-state index is 12.9. The monoisotopic (exact) mass is 356 g/mol. The molecule has 0 unspecified atom stereocenters. The minimum atomic E-state index is -4.57. The third kappa shape index (κ3) is 3.50. The van der Waals surface area contributed by atoms with Crippen LogP contribution in [0, 0.1) is 4.77 Å². The van der Waals surface area contributed by atoms with Crippen LogP contribution in [0.3, 0.4) is 0 Å². The van der Waals surface area contributed by atoms with Gasteiger partial charge in [0.25, 0.3) is 5.91 Å². The Morgan fingerprint density at radius 2 is 2.08 bits per heavy atom. The first-order chi connectivity index (χ1) is 11.4. The molecule has 9 heteroatoms. The predicted molar refractivity (Wildman–Crippen MR) is 83.2 cm³/mol. The van der Waals surface area contributed by atoms with Crippen molar-refractivity contribution in [3.63, 3.8) is 0 Å². The zero-order valence-corrected chi connectivity index (χ0v) is 13.4. The minimum absolute atomic E-state index is 0.178. The molecule has 0 radical (unpaired) electrons. The number of alkyl halides is 3. The highest BCUT2D eigenvalue weighted by atomic mass is 32.1. The Morgan fingerprint density at radius 3 is 2.75 bits per heavy atom. The number of amides is 1. The summed E-state index contributed by atoms with van der Waals surface area (Å²) in [6, 6.07) is 5.06. The van der Waals surface area contributed by atoms with Crippen LogP contribution in [-0.4, -0.2) is 27.2 Å². The molecule has 2 aromatic rings. The van der Waals surface area contributed by atoms with Crippen molar-refractivity contribution >= 4 is 18.1 Å². The number of halogens is 3. The highest BCUT2D eigenvalue weighted by molar-refractivity contribution is 7.71. The van der Waals surface area contributed by atoms with Gasteiger partial charge in [-0.2, -0.15) is 18.3 Å². The largest absolute Gasteiger partial charge is 0.417 e. The van der Waals surface area contributed by atoms with Gasteiger partial charge in [0.2, 0.25) is 0 Å². The predicted octanol–water partition coefficient (Wildman–Crippen LogP) is 3.27. The molecule has 1 aromatic heterocycles. The Hall–Kier alpha value is -2.16. The Kier molecular flexibility index (Phi) is 4.44. The molecule has 3 rings (SSSR count). The first-order valence-corrected chi connectivity index (χ1v) is 7.89. The van der Waals surface area contributed by atoms with Crippen molar-refractivity contribution in [3.8, 4) is 0 Å². The lowest BCUT2D eigenvalue weighted by atomic mass is 10.1. The maximum absolute atomic E-state index is 12.9. The van der Waals surface area contributed by atoms with Gasteiger partial charge in [-0.25, -0.2) is 0 Å². The number of aromatic nitrogens is 3. The number of rotatable bonds is 5. The van der Waals surface area contributed by atoms with E-state index in [1.807, 2.05) is 4.57 Å². The van der Waals surface area contributed by atoms with Gasteiger partial charge in [-0.3, -0.25) is 9.89 Å². The van der Waals surface area contributed by atoms with Crippen molar-refractivity contribution in [1.82, 2.24) is 20.1 Å². The first-order valence-electron chi connectivity index (χ1n) is 7.48. The van der Waals surface area contributed by atoms with Gasteiger partial charge in [0.05, 0.1) is 11.1 Å². The number of nitrogens with one attached hydrogen (secondary N) is 2. The number of hydrogen-bond donors (Lipinski definition) is 2. The van der Waals surface area contributed by atoms with E-state index in [0.29, 0.717) is 23.1 Å². The zero-order valence-electron chi connectivity index (χ0n) is 12.6. The second-order valence-corrected chi connectivity index (χ2v) is 5.98. The molecule has 0 aliphatic heterocycles. The number of hydrogen-bond acceptors (Lipinski definition) is 3. The summed E-state index contributed by atoms with van der Waals surface area (Å²) in [5, 5.41) is 9.35. The molecule has 2 N–H and O–H groups in total. The van der Waals surface area contributed by atoms with E-state index in [1.54, 1.807) is 0 Å². The summed E-state index contributed by atoms with van der Waals surface area (Å²) in [6.07, 6.45) is -2.11. The summed E-state index contributed by atoms with van der Waals surface area (Å²) in [7, 11) is 0. The van der Waals surface area contributed by atoms with Crippen LogP contribution < -0.4 is 5.32 Å². The number of nitrogens with zero attached hydrogens (tertiary/aromatic N) is 2. The van der Waals surface area contributed by atoms with Gasteiger partial charge in [0.1, 0.15) is 5.82 Å². The van der Waals surface area contributed by atoms with Crippen molar-refractivity contribution in [1.29, 1.82) is 0 Å². The molecule has 0 bridgehead atoms. The molecule has 0 atom stereocenters. The van der Waals surface area contributed by atoms with E-state index >= 15 is 0 Å². The number of H-pyrrole nitrogens is 1. The molecule has 1 heterocycles. The Balaban J connectivity index is 1.66. The molecule has 0 spiro atoms. The fourth-order valence-electron chi connectivity index (χ4n) is 2.53. The topological polar surface area (TPSA) is 62.7 Å². The first kappa shape index (κ1) is 16.7. The van der Waals surface area contributed by atoms with Crippen molar-refractivity contribution in [3.05, 3.63) is 46.0 Å². The molecular weight excluding hydrogens is 341 g/mol. The molecular formula is C15H15F3N4OS. The van der Waals surface area contributed by atoms with E-state index in [0.717, 1.165) is 18.9 Å². The van der Waals surface area contributed by atoms with Crippen LogP contribution >= 0.6 is 12.2 Å². The Bertz CT molecular complexity index is 808. The van der Waals surface area contributed by atoms with Crippen LogP contribution in [0.4, 0.5) is 13.2 Å². The van der Waals surface area contributed by atoms with Crippen molar-refractivity contribution in [2.75, 3.05) is 6.54 Å². The lowest BCUT2D eigenvalue weighted by molar-refractivity contribution is -0.137. The van der Waals surface area contributed by atoms with Crippen LogP contribution in [0.1, 0.15) is 40.6 Å². The second-order valence-electron chi connectivity index (χ2n) is 5.60. The molecule has 1 aliphatic rings. The average molecular weight is 356 g/mol. The van der Waals surface area contributed by atoms with Gasteiger partial charge in [-0.05, 0) is 37.2 Å². The highest BCUT2D eigenvalue weighted by Gasteiger charge is 2.34. The molecule has 1 saturated carbocycles. The second kappa shape index (κ2) is 6.39. The van der Waals surface area contributed by atoms with E-state index < -0.39 is 17.6 Å². The molecule has 1 fully saturated rings. The van der Waals surface area contributed by atoms with Crippen LogP contribution in [0.25, 0.3) is 0 Å². The number of benzene rings is 1. The summed E-state index contributed by atoms with van der Waals surface area (Å²) in [5.41, 5.74) is -1.32. The van der Waals surface area contributed by atoms with Crippen LogP contribution in [0.15, 0.2) is 24.3 Å². The van der Waals surface area contributed by atoms with E-state index in [9.17, 15) is 18.0 Å². The van der Waals surface area contributed by atoms with Crippen molar-refractivity contribution < 1.29 is 18.0 Å². The summed E-state index contributed by atoms with van der Waals surface area (Å²) in [6.45, 7) is 0.178. The molecule has 0 saturated heterocycles. The molecule has 24 heavy (non-hydrogen) atoms. The third-order valence-corrected chi connectivity index (χ3v) is 4.09. The van der Waals surface area contributed by atoms with Gasteiger partial charge in [0.15, 0.2) is 4.77 Å². The summed E-state index contributed by atoms with van der Waals surface area (Å²) in [4.78, 5) is 12.1. The summed E-state index contributed by atoms with van der Waals surface area (Å²) in [5.74, 6) is -0.0538. The molecule has 5 nitrogen and oxygen atoms in total. The third-order valence-electron chi connectivity index (χ3n) is 3.80. The maximum Gasteiger partial charge on any atom is 0.417 e. The number of carbonyl (C=O) groups excluding carboxylic acids is 1. The summed E-state index contributed by atoms with van der Waals surface area (Å²) < 4.78 is 41.3. The Morgan fingerprint density at radius 1 is 1.38 bits per heavy atom. The van der Waals surface area contributed by atoms with E-state index in [-0.39, 0.29) is 12.1 Å². The van der Waals surface area contributed by atoms with E-state index in [1.165, 1.54) is 18.2 Å². The zero-order chi connectivity index (χ0) is 17.3.